The Bertz CT molecular complexity index is 938. The number of halogens is 2. The van der Waals surface area contributed by atoms with Gasteiger partial charge in [-0.2, -0.15) is 0 Å². The molecule has 1 amide bonds. The number of aromatic amines is 1. The molecule has 1 unspecified atom stereocenters. The van der Waals surface area contributed by atoms with Crippen LogP contribution in [0.15, 0.2) is 48.7 Å². The normalized spacial score (nSPS) is 13.5. The molecule has 2 atom stereocenters. The van der Waals surface area contributed by atoms with Crippen molar-refractivity contribution in [2.45, 2.75) is 32.4 Å². The Kier molecular flexibility index (Phi) is 5.86. The van der Waals surface area contributed by atoms with Crippen LogP contribution in [0.25, 0.3) is 10.9 Å². The molecule has 3 rings (SSSR count). The monoisotopic (exact) mass is 371 g/mol. The van der Waals surface area contributed by atoms with Crippen molar-refractivity contribution < 1.29 is 13.6 Å². The molecule has 0 aliphatic rings. The van der Waals surface area contributed by atoms with Gasteiger partial charge in [-0.05, 0) is 38.0 Å². The number of fused-ring (bicyclic) bond motifs is 1. The first-order valence-corrected chi connectivity index (χ1v) is 8.99. The van der Waals surface area contributed by atoms with Gasteiger partial charge in [-0.3, -0.25) is 10.1 Å². The summed E-state index contributed by atoms with van der Waals surface area (Å²) in [7, 11) is 0. The van der Waals surface area contributed by atoms with E-state index in [2.05, 4.69) is 15.6 Å². The van der Waals surface area contributed by atoms with Gasteiger partial charge in [0.2, 0.25) is 5.91 Å². The van der Waals surface area contributed by atoms with Crippen LogP contribution in [0, 0.1) is 11.6 Å². The largest absolute Gasteiger partial charge is 0.361 e. The zero-order valence-electron chi connectivity index (χ0n) is 15.4. The molecule has 1 aromatic heterocycles. The van der Waals surface area contributed by atoms with E-state index < -0.39 is 23.7 Å². The molecular formula is C21H23F2N3O. The van der Waals surface area contributed by atoms with Crippen LogP contribution in [0.1, 0.15) is 31.0 Å². The molecule has 0 aliphatic heterocycles. The predicted octanol–water partition coefficient (Wildman–Crippen LogP) is 3.84. The summed E-state index contributed by atoms with van der Waals surface area (Å²) < 4.78 is 26.9. The van der Waals surface area contributed by atoms with Gasteiger partial charge in [0, 0.05) is 41.3 Å². The quantitative estimate of drug-likeness (QED) is 0.591. The SMILES string of the molecule is CC(N[C@H](C)c1ccc(F)cc1F)C(=O)NCCc1c[nH]c2ccccc12. The second-order valence-corrected chi connectivity index (χ2v) is 6.68. The number of amides is 1. The van der Waals surface area contributed by atoms with Crippen molar-refractivity contribution in [3.63, 3.8) is 0 Å². The van der Waals surface area contributed by atoms with Crippen LogP contribution >= 0.6 is 0 Å². The van der Waals surface area contributed by atoms with Crippen LogP contribution in [0.2, 0.25) is 0 Å². The molecule has 1 heterocycles. The maximum absolute atomic E-state index is 13.9. The second-order valence-electron chi connectivity index (χ2n) is 6.68. The van der Waals surface area contributed by atoms with Crippen LogP contribution < -0.4 is 10.6 Å². The Morgan fingerprint density at radius 2 is 1.93 bits per heavy atom. The molecule has 2 aromatic carbocycles. The van der Waals surface area contributed by atoms with Gasteiger partial charge in [-0.15, -0.1) is 0 Å². The average Bonchev–Trinajstić information content (AvgIpc) is 3.04. The Morgan fingerprint density at radius 1 is 1.15 bits per heavy atom. The summed E-state index contributed by atoms with van der Waals surface area (Å²) in [5.41, 5.74) is 2.55. The number of carbonyl (C=O) groups excluding carboxylic acids is 1. The minimum atomic E-state index is -0.623. The smallest absolute Gasteiger partial charge is 0.236 e. The molecule has 0 spiro atoms. The number of rotatable bonds is 7. The molecular weight excluding hydrogens is 348 g/mol. The average molecular weight is 371 g/mol. The maximum atomic E-state index is 13.9. The van der Waals surface area contributed by atoms with Gasteiger partial charge in [0.25, 0.3) is 0 Å². The molecule has 0 radical (unpaired) electrons. The summed E-state index contributed by atoms with van der Waals surface area (Å²) >= 11 is 0. The number of nitrogens with one attached hydrogen (secondary N) is 3. The number of H-pyrrole nitrogens is 1. The molecule has 142 valence electrons. The van der Waals surface area contributed by atoms with E-state index in [1.807, 2.05) is 30.5 Å². The van der Waals surface area contributed by atoms with E-state index in [0.717, 1.165) is 22.5 Å². The third-order valence-electron chi connectivity index (χ3n) is 4.69. The second kappa shape index (κ2) is 8.31. The fourth-order valence-corrected chi connectivity index (χ4v) is 3.21. The topological polar surface area (TPSA) is 56.9 Å². The molecule has 6 heteroatoms. The van der Waals surface area contributed by atoms with Crippen molar-refractivity contribution in [3.8, 4) is 0 Å². The first-order chi connectivity index (χ1) is 13.0. The highest BCUT2D eigenvalue weighted by atomic mass is 19.1. The molecule has 0 fully saturated rings. The summed E-state index contributed by atoms with van der Waals surface area (Å²) in [6.07, 6.45) is 2.67. The minimum Gasteiger partial charge on any atom is -0.361 e. The first kappa shape index (κ1) is 19.0. The maximum Gasteiger partial charge on any atom is 0.236 e. The highest BCUT2D eigenvalue weighted by Gasteiger charge is 2.18. The van der Waals surface area contributed by atoms with Gasteiger partial charge >= 0.3 is 0 Å². The summed E-state index contributed by atoms with van der Waals surface area (Å²) in [4.78, 5) is 15.5. The first-order valence-electron chi connectivity index (χ1n) is 8.99. The van der Waals surface area contributed by atoms with Crippen molar-refractivity contribution >= 4 is 16.8 Å². The minimum absolute atomic E-state index is 0.163. The number of hydrogen-bond donors (Lipinski definition) is 3. The van der Waals surface area contributed by atoms with Crippen molar-refractivity contribution in [2.75, 3.05) is 6.54 Å². The number of carbonyl (C=O) groups is 1. The fourth-order valence-electron chi connectivity index (χ4n) is 3.21. The number of hydrogen-bond acceptors (Lipinski definition) is 2. The van der Waals surface area contributed by atoms with E-state index >= 15 is 0 Å². The summed E-state index contributed by atoms with van der Waals surface area (Å²) in [5.74, 6) is -1.40. The third kappa shape index (κ3) is 4.52. The Labute approximate surface area is 157 Å². The van der Waals surface area contributed by atoms with Crippen molar-refractivity contribution in [3.05, 3.63) is 71.4 Å². The molecule has 0 saturated carbocycles. The number of para-hydroxylation sites is 1. The van der Waals surface area contributed by atoms with Crippen molar-refractivity contribution in [2.24, 2.45) is 0 Å². The van der Waals surface area contributed by atoms with Gasteiger partial charge in [-0.1, -0.05) is 24.3 Å². The summed E-state index contributed by atoms with van der Waals surface area (Å²) in [6.45, 7) is 3.97. The van der Waals surface area contributed by atoms with Gasteiger partial charge < -0.3 is 10.3 Å². The zero-order valence-corrected chi connectivity index (χ0v) is 15.4. The molecule has 0 saturated heterocycles. The highest BCUT2D eigenvalue weighted by Crippen LogP contribution is 2.19. The van der Waals surface area contributed by atoms with E-state index in [4.69, 9.17) is 0 Å². The van der Waals surface area contributed by atoms with Gasteiger partial charge in [0.15, 0.2) is 0 Å². The van der Waals surface area contributed by atoms with Crippen LogP contribution in [0.3, 0.4) is 0 Å². The van der Waals surface area contributed by atoms with E-state index in [1.54, 1.807) is 13.8 Å². The molecule has 3 N–H and O–H groups in total. The molecule has 4 nitrogen and oxygen atoms in total. The fraction of sp³-hybridized carbons (Fsp3) is 0.286. The van der Waals surface area contributed by atoms with Crippen LogP contribution in [0.5, 0.6) is 0 Å². The van der Waals surface area contributed by atoms with Crippen LogP contribution in [-0.2, 0) is 11.2 Å². The Balaban J connectivity index is 1.51. The predicted molar refractivity (Wildman–Crippen MR) is 102 cm³/mol. The summed E-state index contributed by atoms with van der Waals surface area (Å²) in [5, 5.41) is 7.10. The number of benzene rings is 2. The lowest BCUT2D eigenvalue weighted by Crippen LogP contribution is -2.43. The molecule has 3 aromatic rings. The van der Waals surface area contributed by atoms with Crippen LogP contribution in [-0.4, -0.2) is 23.5 Å². The lowest BCUT2D eigenvalue weighted by Gasteiger charge is -2.20. The molecule has 0 bridgehead atoms. The Morgan fingerprint density at radius 3 is 2.70 bits per heavy atom. The summed E-state index contributed by atoms with van der Waals surface area (Å²) in [6, 6.07) is 10.5. The van der Waals surface area contributed by atoms with E-state index in [9.17, 15) is 13.6 Å². The molecule has 27 heavy (non-hydrogen) atoms. The third-order valence-corrected chi connectivity index (χ3v) is 4.69. The molecule has 0 aliphatic carbocycles. The van der Waals surface area contributed by atoms with Gasteiger partial charge in [0.05, 0.1) is 6.04 Å². The lowest BCUT2D eigenvalue weighted by molar-refractivity contribution is -0.122. The zero-order chi connectivity index (χ0) is 19.4. The standard InChI is InChI=1S/C21H23F2N3O/c1-13(17-8-7-16(22)11-19(17)23)26-14(2)21(27)24-10-9-15-12-25-20-6-4-3-5-18(15)20/h3-8,11-14,25-26H,9-10H2,1-2H3,(H,24,27)/t13-,14?/m1/s1. The van der Waals surface area contributed by atoms with Crippen LogP contribution in [0.4, 0.5) is 8.78 Å². The highest BCUT2D eigenvalue weighted by molar-refractivity contribution is 5.83. The van der Waals surface area contributed by atoms with Crippen molar-refractivity contribution in [1.82, 2.24) is 15.6 Å². The van der Waals surface area contributed by atoms with E-state index in [-0.39, 0.29) is 5.91 Å². The Hall–Kier alpha value is -2.73. The van der Waals surface area contributed by atoms with Gasteiger partial charge in [0.1, 0.15) is 11.6 Å². The van der Waals surface area contributed by atoms with Gasteiger partial charge in [-0.25, -0.2) is 8.78 Å². The lowest BCUT2D eigenvalue weighted by atomic mass is 10.1. The van der Waals surface area contributed by atoms with E-state index in [0.29, 0.717) is 18.5 Å². The number of aromatic nitrogens is 1. The van der Waals surface area contributed by atoms with Crippen molar-refractivity contribution in [1.29, 1.82) is 0 Å². The van der Waals surface area contributed by atoms with E-state index in [1.165, 1.54) is 12.1 Å².